The van der Waals surface area contributed by atoms with Gasteiger partial charge in [-0.1, -0.05) is 6.07 Å². The topological polar surface area (TPSA) is 41.1 Å². The number of aryl methyl sites for hydroxylation is 2. The number of carbonyl (C=O) groups is 1. The van der Waals surface area contributed by atoms with Crippen molar-refractivity contribution in [3.63, 3.8) is 0 Å². The van der Waals surface area contributed by atoms with E-state index in [4.69, 9.17) is 0 Å². The zero-order valence-electron chi connectivity index (χ0n) is 12.6. The second-order valence-electron chi connectivity index (χ2n) is 5.95. The number of halogens is 1. The van der Waals surface area contributed by atoms with Gasteiger partial charge in [0.1, 0.15) is 0 Å². The number of urea groups is 1. The fourth-order valence-corrected chi connectivity index (χ4v) is 5.94. The fraction of sp³-hybridized carbons (Fsp3) is 0.353. The molecular formula is C17H17BrN2OS2. The highest BCUT2D eigenvalue weighted by molar-refractivity contribution is 9.11. The minimum Gasteiger partial charge on any atom is -0.307 e. The fourth-order valence-electron chi connectivity index (χ4n) is 3.56. The van der Waals surface area contributed by atoms with Gasteiger partial charge in [-0.05, 0) is 101 Å². The molecule has 3 nitrogen and oxygen atoms in total. The predicted molar refractivity (Wildman–Crippen MR) is 101 cm³/mol. The van der Waals surface area contributed by atoms with E-state index in [1.807, 2.05) is 12.1 Å². The van der Waals surface area contributed by atoms with Crippen LogP contribution in [0.25, 0.3) is 0 Å². The molecule has 2 aliphatic carbocycles. The van der Waals surface area contributed by atoms with Crippen LogP contribution in [0, 0.1) is 0 Å². The van der Waals surface area contributed by atoms with Crippen LogP contribution in [-0.4, -0.2) is 6.03 Å². The average molecular weight is 409 g/mol. The molecule has 4 rings (SSSR count). The van der Waals surface area contributed by atoms with E-state index in [-0.39, 0.29) is 6.03 Å². The lowest BCUT2D eigenvalue weighted by atomic mass is 9.99. The second kappa shape index (κ2) is 6.49. The first-order valence-corrected chi connectivity index (χ1v) is 10.3. The molecule has 0 bridgehead atoms. The molecule has 1 aromatic heterocycles. The van der Waals surface area contributed by atoms with Crippen LogP contribution >= 0.6 is 39.2 Å². The molecule has 0 atom stereocenters. The van der Waals surface area contributed by atoms with Gasteiger partial charge in [0, 0.05) is 5.69 Å². The summed E-state index contributed by atoms with van der Waals surface area (Å²) < 4.78 is 5.03. The van der Waals surface area contributed by atoms with Crippen molar-refractivity contribution in [1.29, 1.82) is 0 Å². The molecule has 0 radical (unpaired) electrons. The summed E-state index contributed by atoms with van der Waals surface area (Å²) in [5.74, 6) is 0. The molecule has 2 aliphatic rings. The molecular weight excluding hydrogens is 392 g/mol. The van der Waals surface area contributed by atoms with E-state index in [1.165, 1.54) is 47.0 Å². The predicted octanol–water partition coefficient (Wildman–Crippen LogP) is 5.32. The first kappa shape index (κ1) is 15.5. The molecule has 1 heterocycles. The molecule has 120 valence electrons. The van der Waals surface area contributed by atoms with Gasteiger partial charge in [0.2, 0.25) is 0 Å². The Morgan fingerprint density at radius 1 is 1.09 bits per heavy atom. The van der Waals surface area contributed by atoms with Gasteiger partial charge in [0.05, 0.1) is 8.00 Å². The molecule has 0 fully saturated rings. The second-order valence-corrected chi connectivity index (χ2v) is 9.52. The van der Waals surface area contributed by atoms with E-state index in [0.29, 0.717) is 0 Å². The number of hydrogen-bond donors (Lipinski definition) is 2. The van der Waals surface area contributed by atoms with Crippen molar-refractivity contribution in [2.24, 2.45) is 0 Å². The maximum absolute atomic E-state index is 12.3. The maximum atomic E-state index is 12.3. The van der Waals surface area contributed by atoms with E-state index < -0.39 is 0 Å². The number of amides is 2. The summed E-state index contributed by atoms with van der Waals surface area (Å²) in [6.07, 6.45) is 6.87. The quantitative estimate of drug-likeness (QED) is 0.674. The standard InChI is InChI=1S/C17H17BrN2OS2/c18-14-7-8-15(22-14)23-20-17(21)19-16-12-5-1-3-10(12)9-11-4-2-6-13(11)16/h7-9H,1-6H2,(H2,19,20,21). The minimum absolute atomic E-state index is 0.131. The summed E-state index contributed by atoms with van der Waals surface area (Å²) in [6.45, 7) is 0. The smallest absolute Gasteiger partial charge is 0.307 e. The number of carbonyl (C=O) groups excluding carboxylic acids is 1. The Kier molecular flexibility index (Phi) is 4.39. The van der Waals surface area contributed by atoms with Gasteiger partial charge in [0.15, 0.2) is 0 Å². The molecule has 2 amide bonds. The Bertz CT molecular complexity index is 740. The van der Waals surface area contributed by atoms with E-state index in [2.05, 4.69) is 32.0 Å². The van der Waals surface area contributed by atoms with Crippen LogP contribution in [0.4, 0.5) is 10.5 Å². The monoisotopic (exact) mass is 408 g/mol. The number of thiophene rings is 1. The number of nitrogens with one attached hydrogen (secondary N) is 2. The van der Waals surface area contributed by atoms with Crippen LogP contribution in [0.15, 0.2) is 26.2 Å². The van der Waals surface area contributed by atoms with Crippen molar-refractivity contribution in [3.8, 4) is 0 Å². The number of anilines is 1. The maximum Gasteiger partial charge on any atom is 0.329 e. The molecule has 0 aliphatic heterocycles. The Balaban J connectivity index is 1.51. The number of fused-ring (bicyclic) bond motifs is 2. The lowest BCUT2D eigenvalue weighted by Crippen LogP contribution is -2.24. The number of hydrogen-bond acceptors (Lipinski definition) is 3. The minimum atomic E-state index is -0.131. The molecule has 6 heteroatoms. The zero-order chi connectivity index (χ0) is 15.8. The van der Waals surface area contributed by atoms with Crippen LogP contribution < -0.4 is 10.0 Å². The molecule has 0 saturated heterocycles. The summed E-state index contributed by atoms with van der Waals surface area (Å²) in [6, 6.07) is 6.24. The first-order valence-electron chi connectivity index (χ1n) is 7.86. The number of rotatable bonds is 3. The van der Waals surface area contributed by atoms with E-state index in [9.17, 15) is 4.79 Å². The van der Waals surface area contributed by atoms with Crippen LogP contribution in [0.5, 0.6) is 0 Å². The van der Waals surface area contributed by atoms with Crippen LogP contribution in [0.2, 0.25) is 0 Å². The van der Waals surface area contributed by atoms with Crippen molar-refractivity contribution >= 4 is 50.9 Å². The van der Waals surface area contributed by atoms with Crippen molar-refractivity contribution in [3.05, 3.63) is 44.2 Å². The SMILES string of the molecule is O=C(NSc1ccc(Br)s1)Nc1c2c(cc3c1CCC3)CCC2. The van der Waals surface area contributed by atoms with Crippen molar-refractivity contribution < 1.29 is 4.79 Å². The van der Waals surface area contributed by atoms with E-state index in [1.54, 1.807) is 11.3 Å². The largest absolute Gasteiger partial charge is 0.329 e. The van der Waals surface area contributed by atoms with E-state index in [0.717, 1.165) is 39.4 Å². The van der Waals surface area contributed by atoms with Gasteiger partial charge < -0.3 is 5.32 Å². The highest BCUT2D eigenvalue weighted by Gasteiger charge is 2.24. The summed E-state index contributed by atoms with van der Waals surface area (Å²) in [7, 11) is 0. The summed E-state index contributed by atoms with van der Waals surface area (Å²) in [5.41, 5.74) is 6.71. The summed E-state index contributed by atoms with van der Waals surface area (Å²) in [5, 5.41) is 3.14. The lowest BCUT2D eigenvalue weighted by Gasteiger charge is -2.16. The average Bonchev–Trinajstić information content (AvgIpc) is 3.24. The molecule has 23 heavy (non-hydrogen) atoms. The van der Waals surface area contributed by atoms with Crippen molar-refractivity contribution in [1.82, 2.24) is 4.72 Å². The van der Waals surface area contributed by atoms with Gasteiger partial charge in [-0.2, -0.15) is 0 Å². The van der Waals surface area contributed by atoms with Gasteiger partial charge in [0.25, 0.3) is 0 Å². The van der Waals surface area contributed by atoms with Crippen LogP contribution in [0.1, 0.15) is 35.1 Å². The summed E-state index contributed by atoms with van der Waals surface area (Å²) in [4.78, 5) is 12.3. The van der Waals surface area contributed by atoms with Gasteiger partial charge >= 0.3 is 6.03 Å². The molecule has 0 spiro atoms. The molecule has 0 unspecified atom stereocenters. The zero-order valence-corrected chi connectivity index (χ0v) is 15.8. The Hall–Kier alpha value is -0.980. The Labute approximate surface area is 152 Å². The molecule has 0 saturated carbocycles. The molecule has 2 N–H and O–H groups in total. The van der Waals surface area contributed by atoms with E-state index >= 15 is 0 Å². The third-order valence-electron chi connectivity index (χ3n) is 4.50. The van der Waals surface area contributed by atoms with Crippen LogP contribution in [0.3, 0.4) is 0 Å². The summed E-state index contributed by atoms with van der Waals surface area (Å²) >= 11 is 6.41. The van der Waals surface area contributed by atoms with Gasteiger partial charge in [-0.15, -0.1) is 11.3 Å². The van der Waals surface area contributed by atoms with Crippen molar-refractivity contribution in [2.75, 3.05) is 5.32 Å². The van der Waals surface area contributed by atoms with Gasteiger partial charge in [-0.25, -0.2) is 4.79 Å². The highest BCUT2D eigenvalue weighted by atomic mass is 79.9. The third-order valence-corrected chi connectivity index (χ3v) is 7.05. The van der Waals surface area contributed by atoms with Crippen molar-refractivity contribution in [2.45, 2.75) is 42.7 Å². The lowest BCUT2D eigenvalue weighted by molar-refractivity contribution is 0.257. The van der Waals surface area contributed by atoms with Gasteiger partial charge in [-0.3, -0.25) is 4.72 Å². The van der Waals surface area contributed by atoms with Crippen LogP contribution in [-0.2, 0) is 25.7 Å². The molecule has 2 aromatic rings. The Morgan fingerprint density at radius 3 is 2.39 bits per heavy atom. The first-order chi connectivity index (χ1) is 11.2. The molecule has 1 aromatic carbocycles. The third kappa shape index (κ3) is 3.16. The Morgan fingerprint density at radius 2 is 1.78 bits per heavy atom. The number of benzene rings is 1. The normalized spacial score (nSPS) is 15.3. The highest BCUT2D eigenvalue weighted by Crippen LogP contribution is 2.38.